The van der Waals surface area contributed by atoms with E-state index >= 15 is 0 Å². The van der Waals surface area contributed by atoms with Gasteiger partial charge in [-0.2, -0.15) is 0 Å². The summed E-state index contributed by atoms with van der Waals surface area (Å²) >= 11 is 0. The fourth-order valence-electron chi connectivity index (χ4n) is 3.14. The van der Waals surface area contributed by atoms with Crippen LogP contribution in [0.5, 0.6) is 5.75 Å². The molecule has 0 aliphatic heterocycles. The van der Waals surface area contributed by atoms with E-state index < -0.39 is 41.9 Å². The van der Waals surface area contributed by atoms with Gasteiger partial charge >= 0.3 is 7.12 Å². The highest BCUT2D eigenvalue weighted by Gasteiger charge is 2.29. The fourth-order valence-corrected chi connectivity index (χ4v) is 3.14. The Morgan fingerprint density at radius 3 is 2.38 bits per heavy atom. The molecule has 14 heteroatoms. The minimum Gasteiger partial charge on any atom is -0.497 e. The second-order valence-corrected chi connectivity index (χ2v) is 8.12. The second-order valence-electron chi connectivity index (χ2n) is 8.12. The first-order valence-electron chi connectivity index (χ1n) is 10.8. The van der Waals surface area contributed by atoms with Crippen molar-refractivity contribution in [1.29, 1.82) is 5.41 Å². The first-order chi connectivity index (χ1) is 16.0. The largest absolute Gasteiger partial charge is 0.497 e. The average molecular weight is 480 g/mol. The molecule has 0 aliphatic rings. The number of ether oxygens (including phenoxy) is 1. The van der Waals surface area contributed by atoms with Crippen LogP contribution in [-0.2, 0) is 16.0 Å². The second kappa shape index (κ2) is 14.7. The van der Waals surface area contributed by atoms with Gasteiger partial charge < -0.3 is 30.7 Å². The van der Waals surface area contributed by atoms with Gasteiger partial charge in [-0.15, -0.1) is 0 Å². The van der Waals surface area contributed by atoms with Gasteiger partial charge in [-0.05, 0) is 42.9 Å². The minimum atomic E-state index is -1.77. The summed E-state index contributed by atoms with van der Waals surface area (Å²) in [6.07, 6.45) is 0.775. The van der Waals surface area contributed by atoms with Crippen LogP contribution in [0.3, 0.4) is 0 Å². The van der Waals surface area contributed by atoms with Crippen molar-refractivity contribution in [2.24, 2.45) is 5.92 Å². The van der Waals surface area contributed by atoms with E-state index in [9.17, 15) is 29.8 Å². The Balaban J connectivity index is 2.79. The van der Waals surface area contributed by atoms with Gasteiger partial charge in [0.25, 0.3) is 5.96 Å². The number of nitrogens with one attached hydrogen (secondary N) is 5. The molecular formula is C20H33BN6O7. The van der Waals surface area contributed by atoms with Crippen LogP contribution in [0.4, 0.5) is 0 Å². The van der Waals surface area contributed by atoms with Gasteiger partial charge in [-0.25, -0.2) is 10.1 Å². The van der Waals surface area contributed by atoms with Crippen molar-refractivity contribution in [2.45, 2.75) is 51.5 Å². The molecule has 0 fully saturated rings. The Kier molecular flexibility index (Phi) is 12.4. The quantitative estimate of drug-likeness (QED) is 0.0452. The lowest BCUT2D eigenvalue weighted by Crippen LogP contribution is -2.54. The van der Waals surface area contributed by atoms with Crippen molar-refractivity contribution in [3.05, 3.63) is 39.9 Å². The van der Waals surface area contributed by atoms with E-state index in [1.807, 2.05) is 13.8 Å². The van der Waals surface area contributed by atoms with E-state index in [4.69, 9.17) is 10.1 Å². The molecule has 1 rings (SSSR count). The number of amides is 2. The van der Waals surface area contributed by atoms with Crippen LogP contribution in [0.1, 0.15) is 38.7 Å². The Labute approximate surface area is 198 Å². The fraction of sp³-hybridized carbons (Fsp3) is 0.550. The van der Waals surface area contributed by atoms with Gasteiger partial charge in [-0.3, -0.25) is 15.0 Å². The molecule has 0 heterocycles. The molecule has 7 N–H and O–H groups in total. The number of nitro groups is 1. The maximum atomic E-state index is 12.9. The zero-order chi connectivity index (χ0) is 25.7. The number of methoxy groups -OCH3 is 1. The highest BCUT2D eigenvalue weighted by atomic mass is 16.7. The van der Waals surface area contributed by atoms with Gasteiger partial charge in [0.1, 0.15) is 11.8 Å². The lowest BCUT2D eigenvalue weighted by atomic mass is 9.75. The summed E-state index contributed by atoms with van der Waals surface area (Å²) < 4.78 is 5.09. The van der Waals surface area contributed by atoms with Crippen molar-refractivity contribution in [2.75, 3.05) is 13.7 Å². The molecule has 0 aliphatic carbocycles. The zero-order valence-electron chi connectivity index (χ0n) is 19.5. The SMILES string of the molecule is COc1ccc(CC(=O)N[C@@H](CCCNC(=N)N[N+](=O)[O-])C(=O)N[C@@H](CC(C)C)B(O)O)cc1. The number of hydrogen-bond acceptors (Lipinski definition) is 8. The molecule has 0 saturated heterocycles. The van der Waals surface area contributed by atoms with E-state index in [1.54, 1.807) is 29.7 Å². The molecule has 2 amide bonds. The smallest absolute Gasteiger partial charge is 0.475 e. The number of benzene rings is 1. The van der Waals surface area contributed by atoms with Crippen LogP contribution < -0.4 is 26.1 Å². The summed E-state index contributed by atoms with van der Waals surface area (Å²) in [5, 5.41) is 43.8. The molecule has 34 heavy (non-hydrogen) atoms. The van der Waals surface area contributed by atoms with Crippen molar-refractivity contribution in [3.8, 4) is 5.75 Å². The van der Waals surface area contributed by atoms with E-state index in [2.05, 4.69) is 16.0 Å². The molecule has 0 saturated carbocycles. The molecule has 1 aromatic carbocycles. The average Bonchev–Trinajstić information content (AvgIpc) is 2.74. The maximum Gasteiger partial charge on any atom is 0.475 e. The Hall–Kier alpha value is -3.39. The van der Waals surface area contributed by atoms with Crippen LogP contribution in [0.15, 0.2) is 24.3 Å². The van der Waals surface area contributed by atoms with E-state index in [-0.39, 0.29) is 25.3 Å². The molecular weight excluding hydrogens is 447 g/mol. The monoisotopic (exact) mass is 480 g/mol. The van der Waals surface area contributed by atoms with Gasteiger partial charge in [0.05, 0.1) is 19.5 Å². The topological polar surface area (TPSA) is 199 Å². The third-order valence-corrected chi connectivity index (χ3v) is 4.76. The number of hydrogen-bond donors (Lipinski definition) is 7. The first-order valence-corrected chi connectivity index (χ1v) is 10.8. The Morgan fingerprint density at radius 1 is 1.21 bits per heavy atom. The van der Waals surface area contributed by atoms with Crippen LogP contribution in [0, 0.1) is 21.4 Å². The van der Waals surface area contributed by atoms with Crippen LogP contribution in [-0.4, -0.2) is 65.6 Å². The van der Waals surface area contributed by atoms with Gasteiger partial charge in [-0.1, -0.05) is 31.4 Å². The molecule has 1 aromatic rings. The lowest BCUT2D eigenvalue weighted by Gasteiger charge is -2.24. The minimum absolute atomic E-state index is 0.0153. The number of carbonyl (C=O) groups excluding carboxylic acids is 2. The molecule has 0 radical (unpaired) electrons. The molecule has 0 bridgehead atoms. The first kappa shape index (κ1) is 28.6. The van der Waals surface area contributed by atoms with Crippen molar-refractivity contribution in [3.63, 3.8) is 0 Å². The number of guanidine groups is 1. The predicted octanol–water partition coefficient (Wildman–Crippen LogP) is -0.649. The van der Waals surface area contributed by atoms with Crippen molar-refractivity contribution < 1.29 is 29.4 Å². The molecule has 188 valence electrons. The predicted molar refractivity (Wildman–Crippen MR) is 125 cm³/mol. The standard InChI is InChI=1S/C20H33BN6O7/c1-13(2)11-17(21(30)31)25-19(29)16(5-4-10-23-20(22)26-27(32)33)24-18(28)12-14-6-8-15(34-3)9-7-14/h6-9,13,16-17,30-31H,4-5,10-12H2,1-3H3,(H,24,28)(H,25,29)(H3,22,23,26)/t16-,17-/m0/s1. The third-order valence-electron chi connectivity index (χ3n) is 4.76. The van der Waals surface area contributed by atoms with Crippen LogP contribution >= 0.6 is 0 Å². The summed E-state index contributed by atoms with van der Waals surface area (Å²) in [7, 11) is -0.234. The molecule has 2 atom stereocenters. The molecule has 0 aromatic heterocycles. The van der Waals surface area contributed by atoms with Gasteiger partial charge in [0, 0.05) is 6.54 Å². The summed E-state index contributed by atoms with van der Waals surface area (Å²) in [5.41, 5.74) is 2.37. The van der Waals surface area contributed by atoms with Crippen LogP contribution in [0.25, 0.3) is 0 Å². The van der Waals surface area contributed by atoms with E-state index in [0.29, 0.717) is 24.2 Å². The summed E-state index contributed by atoms with van der Waals surface area (Å²) in [6, 6.07) is 5.90. The summed E-state index contributed by atoms with van der Waals surface area (Å²) in [6.45, 7) is 3.88. The summed E-state index contributed by atoms with van der Waals surface area (Å²) in [5.74, 6) is -1.69. The molecule has 0 spiro atoms. The molecule has 13 nitrogen and oxygen atoms in total. The Bertz CT molecular complexity index is 822. The number of nitrogens with zero attached hydrogens (tertiary/aromatic N) is 1. The van der Waals surface area contributed by atoms with E-state index in [0.717, 1.165) is 0 Å². The number of hydrazine groups is 1. The lowest BCUT2D eigenvalue weighted by molar-refractivity contribution is -0.525. The van der Waals surface area contributed by atoms with E-state index in [1.165, 1.54) is 7.11 Å². The van der Waals surface area contributed by atoms with Crippen molar-refractivity contribution in [1.82, 2.24) is 21.4 Å². The van der Waals surface area contributed by atoms with Crippen molar-refractivity contribution >= 4 is 24.9 Å². The number of rotatable bonds is 14. The number of carbonyl (C=O) groups is 2. The summed E-state index contributed by atoms with van der Waals surface area (Å²) in [4.78, 5) is 35.8. The highest BCUT2D eigenvalue weighted by Crippen LogP contribution is 2.12. The normalized spacial score (nSPS) is 12.3. The van der Waals surface area contributed by atoms with Gasteiger partial charge in [0.15, 0.2) is 5.03 Å². The zero-order valence-corrected chi connectivity index (χ0v) is 19.5. The van der Waals surface area contributed by atoms with Crippen LogP contribution in [0.2, 0.25) is 0 Å². The van der Waals surface area contributed by atoms with Gasteiger partial charge in [0.2, 0.25) is 11.8 Å². The molecule has 0 unspecified atom stereocenters. The maximum absolute atomic E-state index is 12.9. The highest BCUT2D eigenvalue weighted by molar-refractivity contribution is 6.43. The third kappa shape index (κ3) is 11.5. The Morgan fingerprint density at radius 2 is 1.85 bits per heavy atom.